The number of amides is 1. The third-order valence-electron chi connectivity index (χ3n) is 3.73. The zero-order valence-corrected chi connectivity index (χ0v) is 14.3. The van der Waals surface area contributed by atoms with E-state index >= 15 is 0 Å². The van der Waals surface area contributed by atoms with Crippen LogP contribution in [-0.4, -0.2) is 33.8 Å². The van der Waals surface area contributed by atoms with E-state index in [1.54, 1.807) is 45.6 Å². The van der Waals surface area contributed by atoms with Crippen LogP contribution in [0.15, 0.2) is 42.5 Å². The fraction of sp³-hybridized carbons (Fsp3) is 0.316. The van der Waals surface area contributed by atoms with Gasteiger partial charge in [-0.05, 0) is 54.8 Å². The molecule has 0 unspecified atom stereocenters. The van der Waals surface area contributed by atoms with Gasteiger partial charge in [0.1, 0.15) is 5.75 Å². The standard InChI is InChI=1S/C19H23NO4/c1-22-16-9-7-15(8-10-16)19(21)20-12-4-5-14-6-11-17(23-2)18(13-14)24-3/h6-11,13H,4-5,12H2,1-3H3,(H,20,21). The second-order valence-corrected chi connectivity index (χ2v) is 5.28. The largest absolute Gasteiger partial charge is 0.497 e. The summed E-state index contributed by atoms with van der Waals surface area (Å²) in [4.78, 5) is 12.1. The van der Waals surface area contributed by atoms with E-state index in [4.69, 9.17) is 14.2 Å². The Balaban J connectivity index is 1.80. The number of ether oxygens (including phenoxy) is 3. The zero-order chi connectivity index (χ0) is 17.4. The van der Waals surface area contributed by atoms with Gasteiger partial charge in [0.05, 0.1) is 21.3 Å². The maximum atomic E-state index is 12.1. The molecule has 5 heteroatoms. The van der Waals surface area contributed by atoms with Crippen LogP contribution in [0.1, 0.15) is 22.3 Å². The van der Waals surface area contributed by atoms with Crippen molar-refractivity contribution in [3.63, 3.8) is 0 Å². The summed E-state index contributed by atoms with van der Waals surface area (Å²) in [6.07, 6.45) is 1.70. The number of methoxy groups -OCH3 is 3. The zero-order valence-electron chi connectivity index (χ0n) is 14.3. The average molecular weight is 329 g/mol. The Morgan fingerprint density at radius 2 is 1.62 bits per heavy atom. The number of benzene rings is 2. The molecule has 0 heterocycles. The first-order valence-electron chi connectivity index (χ1n) is 7.81. The van der Waals surface area contributed by atoms with Crippen molar-refractivity contribution in [2.45, 2.75) is 12.8 Å². The molecule has 2 rings (SSSR count). The lowest BCUT2D eigenvalue weighted by Crippen LogP contribution is -2.24. The van der Waals surface area contributed by atoms with E-state index in [0.717, 1.165) is 29.9 Å². The molecule has 2 aromatic rings. The van der Waals surface area contributed by atoms with E-state index in [-0.39, 0.29) is 5.91 Å². The number of aryl methyl sites for hydroxylation is 1. The fourth-order valence-corrected chi connectivity index (χ4v) is 2.38. The summed E-state index contributed by atoms with van der Waals surface area (Å²) in [5.41, 5.74) is 1.77. The number of nitrogens with one attached hydrogen (secondary N) is 1. The van der Waals surface area contributed by atoms with Crippen molar-refractivity contribution < 1.29 is 19.0 Å². The maximum absolute atomic E-state index is 12.1. The van der Waals surface area contributed by atoms with E-state index in [1.807, 2.05) is 18.2 Å². The van der Waals surface area contributed by atoms with Crippen molar-refractivity contribution >= 4 is 5.91 Å². The third-order valence-corrected chi connectivity index (χ3v) is 3.73. The summed E-state index contributed by atoms with van der Waals surface area (Å²) in [5, 5.41) is 2.92. The van der Waals surface area contributed by atoms with Crippen LogP contribution in [0.4, 0.5) is 0 Å². The predicted molar refractivity (Wildman–Crippen MR) is 93.2 cm³/mol. The van der Waals surface area contributed by atoms with E-state index in [9.17, 15) is 4.79 Å². The molecule has 1 N–H and O–H groups in total. The Morgan fingerprint density at radius 3 is 2.25 bits per heavy atom. The number of carbonyl (C=O) groups is 1. The quantitative estimate of drug-likeness (QED) is 0.756. The van der Waals surface area contributed by atoms with E-state index in [1.165, 1.54) is 0 Å². The average Bonchev–Trinajstić information content (AvgIpc) is 2.64. The van der Waals surface area contributed by atoms with Gasteiger partial charge >= 0.3 is 0 Å². The SMILES string of the molecule is COc1ccc(C(=O)NCCCc2ccc(OC)c(OC)c2)cc1. The van der Waals surface area contributed by atoms with Crippen molar-refractivity contribution in [3.8, 4) is 17.2 Å². The Kier molecular flexibility index (Phi) is 6.49. The van der Waals surface area contributed by atoms with E-state index < -0.39 is 0 Å². The van der Waals surface area contributed by atoms with Crippen LogP contribution < -0.4 is 19.5 Å². The lowest BCUT2D eigenvalue weighted by Gasteiger charge is -2.10. The highest BCUT2D eigenvalue weighted by atomic mass is 16.5. The highest BCUT2D eigenvalue weighted by Gasteiger charge is 2.06. The summed E-state index contributed by atoms with van der Waals surface area (Å²) >= 11 is 0. The minimum absolute atomic E-state index is 0.0787. The van der Waals surface area contributed by atoms with Crippen molar-refractivity contribution in [2.24, 2.45) is 0 Å². The molecule has 0 aliphatic rings. The van der Waals surface area contributed by atoms with Crippen molar-refractivity contribution in [1.82, 2.24) is 5.32 Å². The smallest absolute Gasteiger partial charge is 0.251 e. The maximum Gasteiger partial charge on any atom is 0.251 e. The van der Waals surface area contributed by atoms with Crippen LogP contribution in [0.2, 0.25) is 0 Å². The number of carbonyl (C=O) groups excluding carboxylic acids is 1. The summed E-state index contributed by atoms with van der Waals surface area (Å²) in [6, 6.07) is 12.9. The molecular weight excluding hydrogens is 306 g/mol. The molecule has 0 bridgehead atoms. The van der Waals surface area contributed by atoms with Crippen LogP contribution in [-0.2, 0) is 6.42 Å². The molecule has 0 atom stereocenters. The molecule has 0 fully saturated rings. The minimum atomic E-state index is -0.0787. The van der Waals surface area contributed by atoms with Gasteiger partial charge < -0.3 is 19.5 Å². The van der Waals surface area contributed by atoms with E-state index in [0.29, 0.717) is 17.9 Å². The molecular formula is C19H23NO4. The van der Waals surface area contributed by atoms with Crippen LogP contribution in [0.5, 0.6) is 17.2 Å². The molecule has 0 spiro atoms. The van der Waals surface area contributed by atoms with Gasteiger partial charge in [-0.3, -0.25) is 4.79 Å². The van der Waals surface area contributed by atoms with Crippen LogP contribution in [0.3, 0.4) is 0 Å². The van der Waals surface area contributed by atoms with Gasteiger partial charge in [0, 0.05) is 12.1 Å². The lowest BCUT2D eigenvalue weighted by atomic mass is 10.1. The van der Waals surface area contributed by atoms with Gasteiger partial charge in [0.15, 0.2) is 11.5 Å². The van der Waals surface area contributed by atoms with Gasteiger partial charge in [-0.2, -0.15) is 0 Å². The minimum Gasteiger partial charge on any atom is -0.497 e. The fourth-order valence-electron chi connectivity index (χ4n) is 2.38. The van der Waals surface area contributed by atoms with Crippen molar-refractivity contribution in [3.05, 3.63) is 53.6 Å². The molecule has 5 nitrogen and oxygen atoms in total. The van der Waals surface area contributed by atoms with Crippen LogP contribution >= 0.6 is 0 Å². The van der Waals surface area contributed by atoms with Gasteiger partial charge in [-0.25, -0.2) is 0 Å². The molecule has 0 aromatic heterocycles. The summed E-state index contributed by atoms with van der Waals surface area (Å²) in [5.74, 6) is 2.09. The van der Waals surface area contributed by atoms with Crippen molar-refractivity contribution in [2.75, 3.05) is 27.9 Å². The Hall–Kier alpha value is -2.69. The van der Waals surface area contributed by atoms with Gasteiger partial charge in [-0.1, -0.05) is 6.07 Å². The summed E-state index contributed by atoms with van der Waals surface area (Å²) in [7, 11) is 4.84. The Labute approximate surface area is 142 Å². The predicted octanol–water partition coefficient (Wildman–Crippen LogP) is 3.08. The molecule has 0 saturated heterocycles. The Bertz CT molecular complexity index is 668. The molecule has 128 valence electrons. The van der Waals surface area contributed by atoms with Gasteiger partial charge in [0.25, 0.3) is 5.91 Å². The normalized spacial score (nSPS) is 10.1. The number of hydrogen-bond acceptors (Lipinski definition) is 4. The first-order chi connectivity index (χ1) is 11.7. The van der Waals surface area contributed by atoms with Crippen LogP contribution in [0, 0.1) is 0 Å². The first-order valence-corrected chi connectivity index (χ1v) is 7.81. The molecule has 2 aromatic carbocycles. The number of rotatable bonds is 8. The molecule has 0 radical (unpaired) electrons. The monoisotopic (exact) mass is 329 g/mol. The molecule has 24 heavy (non-hydrogen) atoms. The molecule has 0 aliphatic carbocycles. The highest BCUT2D eigenvalue weighted by Crippen LogP contribution is 2.27. The molecule has 1 amide bonds. The number of hydrogen-bond donors (Lipinski definition) is 1. The van der Waals surface area contributed by atoms with Gasteiger partial charge in [-0.15, -0.1) is 0 Å². The second-order valence-electron chi connectivity index (χ2n) is 5.28. The summed E-state index contributed by atoms with van der Waals surface area (Å²) < 4.78 is 15.6. The lowest BCUT2D eigenvalue weighted by molar-refractivity contribution is 0.0953. The van der Waals surface area contributed by atoms with Crippen molar-refractivity contribution in [1.29, 1.82) is 0 Å². The van der Waals surface area contributed by atoms with Gasteiger partial charge in [0.2, 0.25) is 0 Å². The topological polar surface area (TPSA) is 56.8 Å². The Morgan fingerprint density at radius 1 is 0.917 bits per heavy atom. The first kappa shape index (κ1) is 17.7. The third kappa shape index (κ3) is 4.65. The summed E-state index contributed by atoms with van der Waals surface area (Å²) in [6.45, 7) is 0.610. The second kappa shape index (κ2) is 8.82. The highest BCUT2D eigenvalue weighted by molar-refractivity contribution is 5.94. The van der Waals surface area contributed by atoms with E-state index in [2.05, 4.69) is 5.32 Å². The molecule has 0 saturated carbocycles. The molecule has 0 aliphatic heterocycles. The van der Waals surface area contributed by atoms with Crippen LogP contribution in [0.25, 0.3) is 0 Å².